The summed E-state index contributed by atoms with van der Waals surface area (Å²) in [4.78, 5) is 17.7. The van der Waals surface area contributed by atoms with Gasteiger partial charge in [-0.25, -0.2) is 0 Å². The van der Waals surface area contributed by atoms with E-state index in [1.54, 1.807) is 7.05 Å². The Labute approximate surface area is 197 Å². The van der Waals surface area contributed by atoms with E-state index in [1.165, 1.54) is 18.2 Å². The Kier molecular flexibility index (Phi) is 12.6. The number of anilines is 2. The molecule has 0 aliphatic carbocycles. The normalized spacial score (nSPS) is 10.7. The second kappa shape index (κ2) is 14.7. The van der Waals surface area contributed by atoms with Crippen LogP contribution in [-0.4, -0.2) is 45.1 Å². The van der Waals surface area contributed by atoms with Gasteiger partial charge in [-0.15, -0.1) is 24.0 Å². The zero-order valence-electron chi connectivity index (χ0n) is 18.1. The number of amides is 1. The number of hydrogen-bond acceptors (Lipinski definition) is 3. The van der Waals surface area contributed by atoms with Gasteiger partial charge in [-0.05, 0) is 49.6 Å². The number of para-hydroxylation sites is 1. The van der Waals surface area contributed by atoms with E-state index in [1.807, 2.05) is 30.3 Å². The van der Waals surface area contributed by atoms with Crippen LogP contribution in [0.15, 0.2) is 59.6 Å². The molecule has 7 heteroatoms. The number of aliphatic imine (C=N–C) groups is 1. The van der Waals surface area contributed by atoms with Crippen LogP contribution in [-0.2, 0) is 11.2 Å². The Balaban J connectivity index is 0.00000450. The fraction of sp³-hybridized carbons (Fsp3) is 0.391. The molecule has 0 heterocycles. The smallest absolute Gasteiger partial charge is 0.221 e. The molecule has 6 nitrogen and oxygen atoms in total. The highest BCUT2D eigenvalue weighted by molar-refractivity contribution is 14.0. The van der Waals surface area contributed by atoms with E-state index in [2.05, 4.69) is 57.0 Å². The fourth-order valence-electron chi connectivity index (χ4n) is 3.09. The lowest BCUT2D eigenvalue weighted by Crippen LogP contribution is -2.39. The van der Waals surface area contributed by atoms with Crippen LogP contribution in [0.4, 0.5) is 11.4 Å². The Bertz CT molecular complexity index is 765. The first-order chi connectivity index (χ1) is 14.1. The van der Waals surface area contributed by atoms with Gasteiger partial charge in [-0.2, -0.15) is 0 Å². The summed E-state index contributed by atoms with van der Waals surface area (Å²) in [6.07, 6.45) is 1.92. The molecule has 0 unspecified atom stereocenters. The molecule has 0 atom stereocenters. The molecule has 1 amide bonds. The third kappa shape index (κ3) is 9.47. The van der Waals surface area contributed by atoms with Crippen molar-refractivity contribution in [2.24, 2.45) is 4.99 Å². The topological polar surface area (TPSA) is 68.8 Å². The highest BCUT2D eigenvalue weighted by Crippen LogP contribution is 2.12. The lowest BCUT2D eigenvalue weighted by atomic mass is 10.1. The summed E-state index contributed by atoms with van der Waals surface area (Å²) in [5, 5.41) is 9.52. The lowest BCUT2D eigenvalue weighted by molar-refractivity contribution is -0.114. The number of halogens is 1. The third-order valence-corrected chi connectivity index (χ3v) is 4.60. The number of guanidine groups is 1. The van der Waals surface area contributed by atoms with Crippen molar-refractivity contribution in [3.8, 4) is 0 Å². The van der Waals surface area contributed by atoms with Crippen molar-refractivity contribution in [2.75, 3.05) is 43.4 Å². The minimum atomic E-state index is -0.0554. The molecule has 0 saturated heterocycles. The molecule has 0 fully saturated rings. The van der Waals surface area contributed by atoms with Gasteiger partial charge in [0, 0.05) is 51.5 Å². The van der Waals surface area contributed by atoms with Crippen molar-refractivity contribution >= 4 is 47.2 Å². The Morgan fingerprint density at radius 3 is 2.27 bits per heavy atom. The van der Waals surface area contributed by atoms with Crippen LogP contribution in [0.3, 0.4) is 0 Å². The van der Waals surface area contributed by atoms with Crippen LogP contribution in [0, 0.1) is 0 Å². The van der Waals surface area contributed by atoms with Crippen molar-refractivity contribution in [3.63, 3.8) is 0 Å². The van der Waals surface area contributed by atoms with E-state index in [4.69, 9.17) is 0 Å². The maximum atomic E-state index is 11.1. The van der Waals surface area contributed by atoms with E-state index in [9.17, 15) is 4.79 Å². The molecule has 30 heavy (non-hydrogen) atoms. The highest BCUT2D eigenvalue weighted by Gasteiger charge is 2.04. The fourth-order valence-corrected chi connectivity index (χ4v) is 3.09. The zero-order valence-corrected chi connectivity index (χ0v) is 20.5. The zero-order chi connectivity index (χ0) is 20.9. The minimum Gasteiger partial charge on any atom is -0.372 e. The first kappa shape index (κ1) is 25.7. The molecule has 0 spiro atoms. The van der Waals surface area contributed by atoms with E-state index in [0.717, 1.165) is 50.7 Å². The monoisotopic (exact) mass is 523 g/mol. The molecule has 0 aliphatic heterocycles. The van der Waals surface area contributed by atoms with E-state index >= 15 is 0 Å². The van der Waals surface area contributed by atoms with Gasteiger partial charge in [0.1, 0.15) is 0 Å². The van der Waals surface area contributed by atoms with Crippen molar-refractivity contribution in [3.05, 3.63) is 60.2 Å². The average Bonchev–Trinajstić information content (AvgIpc) is 2.74. The number of hydrogen-bond donors (Lipinski definition) is 3. The van der Waals surface area contributed by atoms with Crippen molar-refractivity contribution in [1.82, 2.24) is 10.6 Å². The standard InChI is InChI=1S/C23H33N5O.HI/c1-4-28(22-9-6-5-7-10-22)18-8-16-25-23(24-3)26-17-15-20-11-13-21(14-12-20)27-19(2)29;/h5-7,9-14H,4,8,15-18H2,1-3H3,(H,27,29)(H2,24,25,26);1H. The summed E-state index contributed by atoms with van der Waals surface area (Å²) in [7, 11) is 1.79. The predicted octanol–water partition coefficient (Wildman–Crippen LogP) is 3.89. The summed E-state index contributed by atoms with van der Waals surface area (Å²) in [6, 6.07) is 18.4. The number of benzene rings is 2. The first-order valence-electron chi connectivity index (χ1n) is 10.2. The average molecular weight is 523 g/mol. The maximum Gasteiger partial charge on any atom is 0.221 e. The van der Waals surface area contributed by atoms with E-state index < -0.39 is 0 Å². The van der Waals surface area contributed by atoms with Gasteiger partial charge in [0.2, 0.25) is 5.91 Å². The van der Waals surface area contributed by atoms with E-state index in [0.29, 0.717) is 0 Å². The number of nitrogens with one attached hydrogen (secondary N) is 3. The molecule has 0 saturated carbocycles. The first-order valence-corrected chi connectivity index (χ1v) is 10.2. The van der Waals surface area contributed by atoms with Gasteiger partial charge in [0.05, 0.1) is 0 Å². The van der Waals surface area contributed by atoms with Gasteiger partial charge < -0.3 is 20.9 Å². The van der Waals surface area contributed by atoms with Gasteiger partial charge in [0.15, 0.2) is 5.96 Å². The summed E-state index contributed by atoms with van der Waals surface area (Å²) < 4.78 is 0. The van der Waals surface area contributed by atoms with Crippen LogP contribution in [0.2, 0.25) is 0 Å². The number of carbonyl (C=O) groups excluding carboxylic acids is 1. The third-order valence-electron chi connectivity index (χ3n) is 4.60. The summed E-state index contributed by atoms with van der Waals surface area (Å²) >= 11 is 0. The molecule has 164 valence electrons. The Morgan fingerprint density at radius 1 is 1.00 bits per heavy atom. The summed E-state index contributed by atoms with van der Waals surface area (Å²) in [6.45, 7) is 7.36. The molecule has 0 aliphatic rings. The predicted molar refractivity (Wildman–Crippen MR) is 138 cm³/mol. The molecule has 0 bridgehead atoms. The van der Waals surface area contributed by atoms with Crippen LogP contribution < -0.4 is 20.9 Å². The summed E-state index contributed by atoms with van der Waals surface area (Å²) in [5.74, 6) is 0.766. The molecule has 0 aromatic heterocycles. The lowest BCUT2D eigenvalue weighted by Gasteiger charge is -2.23. The molecular formula is C23H34IN5O. The molecule has 2 aromatic rings. The molecular weight excluding hydrogens is 489 g/mol. The van der Waals surface area contributed by atoms with Gasteiger partial charge in [-0.1, -0.05) is 30.3 Å². The molecule has 2 rings (SSSR count). The SMILES string of the molecule is CCN(CCCNC(=NC)NCCc1ccc(NC(C)=O)cc1)c1ccccc1.I. The second-order valence-corrected chi connectivity index (χ2v) is 6.82. The summed E-state index contributed by atoms with van der Waals surface area (Å²) in [5.41, 5.74) is 3.30. The molecule has 3 N–H and O–H groups in total. The Morgan fingerprint density at radius 2 is 1.67 bits per heavy atom. The minimum absolute atomic E-state index is 0. The maximum absolute atomic E-state index is 11.1. The van der Waals surface area contributed by atoms with Crippen LogP contribution in [0.1, 0.15) is 25.8 Å². The number of nitrogens with zero attached hydrogens (tertiary/aromatic N) is 2. The molecule has 2 aromatic carbocycles. The van der Waals surface area contributed by atoms with Gasteiger partial charge >= 0.3 is 0 Å². The quantitative estimate of drug-likeness (QED) is 0.191. The highest BCUT2D eigenvalue weighted by atomic mass is 127. The number of carbonyl (C=O) groups is 1. The van der Waals surface area contributed by atoms with Crippen molar-refractivity contribution in [2.45, 2.75) is 26.7 Å². The van der Waals surface area contributed by atoms with E-state index in [-0.39, 0.29) is 29.9 Å². The second-order valence-electron chi connectivity index (χ2n) is 6.82. The Hall–Kier alpha value is -2.29. The van der Waals surface area contributed by atoms with Crippen LogP contribution in [0.25, 0.3) is 0 Å². The van der Waals surface area contributed by atoms with Gasteiger partial charge in [-0.3, -0.25) is 9.79 Å². The van der Waals surface area contributed by atoms with Crippen LogP contribution in [0.5, 0.6) is 0 Å². The molecule has 0 radical (unpaired) electrons. The largest absolute Gasteiger partial charge is 0.372 e. The van der Waals surface area contributed by atoms with Gasteiger partial charge in [0.25, 0.3) is 0 Å². The van der Waals surface area contributed by atoms with Crippen LogP contribution >= 0.6 is 24.0 Å². The van der Waals surface area contributed by atoms with Crippen molar-refractivity contribution in [1.29, 1.82) is 0 Å². The number of rotatable bonds is 10. The van der Waals surface area contributed by atoms with Crippen molar-refractivity contribution < 1.29 is 4.79 Å².